The van der Waals surface area contributed by atoms with E-state index in [0.29, 0.717) is 54.5 Å². The summed E-state index contributed by atoms with van der Waals surface area (Å²) in [4.78, 5) is 48.1. The van der Waals surface area contributed by atoms with Crippen LogP contribution in [0.4, 0.5) is 14.6 Å². The lowest BCUT2D eigenvalue weighted by atomic mass is 9.91. The van der Waals surface area contributed by atoms with Crippen LogP contribution in [0.5, 0.6) is 17.6 Å². The monoisotopic (exact) mass is 1080 g/mol. The molecule has 4 fully saturated rings. The zero-order chi connectivity index (χ0) is 55.1. The number of aliphatic hydroxyl groups excluding tert-OH is 1. The second kappa shape index (κ2) is 22.6. The number of ether oxygens (including phenoxy) is 2. The number of amides is 2. The van der Waals surface area contributed by atoms with E-state index in [-0.39, 0.29) is 101 Å². The molecule has 0 aliphatic carbocycles. The van der Waals surface area contributed by atoms with Crippen molar-refractivity contribution in [3.63, 3.8) is 0 Å². The van der Waals surface area contributed by atoms with E-state index >= 15 is 8.78 Å². The lowest BCUT2D eigenvalue weighted by Crippen LogP contribution is -2.48. The molecule has 2 unspecified atom stereocenters. The molecule has 4 N–H and O–H groups in total. The van der Waals surface area contributed by atoms with Gasteiger partial charge in [-0.25, -0.2) is 8.78 Å². The van der Waals surface area contributed by atoms with Crippen LogP contribution < -0.4 is 25.0 Å². The normalized spacial score (nSPS) is 20.6. The average Bonchev–Trinajstić information content (AvgIpc) is 4.33. The smallest absolute Gasteiger partial charge is 0.319 e. The molecule has 412 valence electrons. The van der Waals surface area contributed by atoms with Gasteiger partial charge in [0.05, 0.1) is 35.4 Å². The SMILES string of the molecule is C#Cc1c(F)ccc2cc(O)cc(-c3ncc4c(N5CCC6CNC(C6)C5)nc(OCCN5CCC(COc6cc([C@H](C(=O)N7C[C@H](O)C[C@H]7C(=O)N[C@@H](C)c7ccc(-c8ccnn8C)cc7)C(C)C)on6)CC5)nc4c3F)c12. The van der Waals surface area contributed by atoms with Gasteiger partial charge in [-0.05, 0) is 116 Å². The van der Waals surface area contributed by atoms with Crippen LogP contribution in [0.15, 0.2) is 77.6 Å². The van der Waals surface area contributed by atoms with Gasteiger partial charge in [0.2, 0.25) is 11.8 Å². The minimum Gasteiger partial charge on any atom is -0.508 e. The number of terminal acetylenes is 1. The molecule has 0 radical (unpaired) electrons. The number of benzene rings is 3. The highest BCUT2D eigenvalue weighted by atomic mass is 19.1. The zero-order valence-electron chi connectivity index (χ0n) is 44.7. The van der Waals surface area contributed by atoms with E-state index in [1.165, 1.54) is 35.4 Å². The Labute approximate surface area is 456 Å². The van der Waals surface area contributed by atoms with Crippen LogP contribution >= 0.6 is 0 Å². The molecule has 0 saturated carbocycles. The number of rotatable bonds is 16. The summed E-state index contributed by atoms with van der Waals surface area (Å²) in [6, 6.07) is 16.0. The number of nitrogens with zero attached hydrogens (tertiary/aromatic N) is 9. The van der Waals surface area contributed by atoms with Crippen LogP contribution in [-0.4, -0.2) is 139 Å². The Morgan fingerprint density at radius 1 is 0.987 bits per heavy atom. The Bertz CT molecular complexity index is 3430. The van der Waals surface area contributed by atoms with Gasteiger partial charge in [-0.1, -0.05) is 50.1 Å². The quantitative estimate of drug-likeness (QED) is 0.0710. The van der Waals surface area contributed by atoms with Crippen LogP contribution in [0.2, 0.25) is 0 Å². The largest absolute Gasteiger partial charge is 0.508 e. The predicted molar refractivity (Wildman–Crippen MR) is 292 cm³/mol. The first-order chi connectivity index (χ1) is 38.2. The molecule has 3 aromatic carbocycles. The molecule has 18 nitrogen and oxygen atoms in total. The molecule has 2 bridgehead atoms. The number of carbonyl (C=O) groups is 2. The van der Waals surface area contributed by atoms with Crippen molar-refractivity contribution >= 4 is 39.3 Å². The van der Waals surface area contributed by atoms with Crippen LogP contribution in [0, 0.1) is 41.7 Å². The van der Waals surface area contributed by atoms with Crippen molar-refractivity contribution in [2.24, 2.45) is 24.8 Å². The van der Waals surface area contributed by atoms with Crippen LogP contribution in [0.25, 0.3) is 44.2 Å². The summed E-state index contributed by atoms with van der Waals surface area (Å²) in [5.41, 5.74) is 2.78. The average molecular weight is 1080 g/mol. The molecule has 20 heteroatoms. The number of likely N-dealkylation sites (tertiary alicyclic amines) is 2. The minimum absolute atomic E-state index is 0.0140. The molecule has 7 aromatic rings. The van der Waals surface area contributed by atoms with Gasteiger partial charge in [0.1, 0.15) is 47.2 Å². The lowest BCUT2D eigenvalue weighted by molar-refractivity contribution is -0.141. The summed E-state index contributed by atoms with van der Waals surface area (Å²) in [7, 11) is 1.88. The van der Waals surface area contributed by atoms with Gasteiger partial charge in [-0.3, -0.25) is 24.2 Å². The Hall–Kier alpha value is -7.73. The second-order valence-corrected chi connectivity index (χ2v) is 21.9. The fraction of sp³-hybridized carbons (Fsp3) is 0.441. The number of phenolic OH excluding ortho intramolecular Hbond substituents is 1. The van der Waals surface area contributed by atoms with Crippen molar-refractivity contribution in [2.45, 2.75) is 83.0 Å². The van der Waals surface area contributed by atoms with Crippen LogP contribution in [0.1, 0.15) is 81.7 Å². The first-order valence-corrected chi connectivity index (χ1v) is 27.3. The number of fused-ring (bicyclic) bond motifs is 4. The summed E-state index contributed by atoms with van der Waals surface area (Å²) in [5, 5.41) is 37.7. The Kier molecular flexibility index (Phi) is 15.2. The van der Waals surface area contributed by atoms with Crippen molar-refractivity contribution in [1.82, 2.24) is 50.3 Å². The molecule has 4 saturated heterocycles. The molecule has 6 atom stereocenters. The van der Waals surface area contributed by atoms with E-state index in [1.807, 2.05) is 58.2 Å². The topological polar surface area (TPSA) is 209 Å². The predicted octanol–water partition coefficient (Wildman–Crippen LogP) is 7.14. The highest BCUT2D eigenvalue weighted by Gasteiger charge is 2.44. The third-order valence-electron chi connectivity index (χ3n) is 16.3. The third-order valence-corrected chi connectivity index (χ3v) is 16.3. The van der Waals surface area contributed by atoms with Crippen LogP contribution in [0.3, 0.4) is 0 Å². The van der Waals surface area contributed by atoms with E-state index in [4.69, 9.17) is 25.4 Å². The van der Waals surface area contributed by atoms with E-state index in [1.54, 1.807) is 16.9 Å². The van der Waals surface area contributed by atoms with Crippen molar-refractivity contribution in [3.8, 4) is 52.5 Å². The zero-order valence-corrected chi connectivity index (χ0v) is 44.7. The maximum Gasteiger partial charge on any atom is 0.319 e. The number of hydrogen-bond acceptors (Lipinski definition) is 15. The van der Waals surface area contributed by atoms with Gasteiger partial charge < -0.3 is 44.6 Å². The Morgan fingerprint density at radius 2 is 1.80 bits per heavy atom. The second-order valence-electron chi connectivity index (χ2n) is 21.9. The van der Waals surface area contributed by atoms with Gasteiger partial charge in [-0.15, -0.1) is 6.42 Å². The summed E-state index contributed by atoms with van der Waals surface area (Å²) in [6.45, 7) is 10.8. The van der Waals surface area contributed by atoms with E-state index in [9.17, 15) is 19.8 Å². The summed E-state index contributed by atoms with van der Waals surface area (Å²) in [5.74, 6) is 1.01. The number of pyridine rings is 1. The van der Waals surface area contributed by atoms with Gasteiger partial charge in [0.15, 0.2) is 11.6 Å². The van der Waals surface area contributed by atoms with Crippen molar-refractivity contribution < 1.29 is 42.6 Å². The van der Waals surface area contributed by atoms with Gasteiger partial charge >= 0.3 is 6.01 Å². The highest BCUT2D eigenvalue weighted by Crippen LogP contribution is 2.40. The molecule has 4 aliphatic rings. The minimum atomic E-state index is -0.868. The number of carbonyl (C=O) groups excluding carboxylic acids is 2. The van der Waals surface area contributed by atoms with Crippen molar-refractivity contribution in [2.75, 3.05) is 63.9 Å². The van der Waals surface area contributed by atoms with Crippen molar-refractivity contribution in [1.29, 1.82) is 0 Å². The first-order valence-electron chi connectivity index (χ1n) is 27.3. The van der Waals surface area contributed by atoms with Crippen LogP contribution in [-0.2, 0) is 16.6 Å². The number of β-amino-alcohol motifs (C(OH)–C–C–N with tert-alkyl or cyclic N) is 1. The first kappa shape index (κ1) is 53.3. The summed E-state index contributed by atoms with van der Waals surface area (Å²) >= 11 is 0. The van der Waals surface area contributed by atoms with Gasteiger partial charge in [-0.2, -0.15) is 15.1 Å². The number of hydrogen-bond donors (Lipinski definition) is 4. The van der Waals surface area contributed by atoms with E-state index in [2.05, 4.69) is 46.6 Å². The third kappa shape index (κ3) is 11.0. The maximum absolute atomic E-state index is 17.1. The maximum atomic E-state index is 17.1. The Morgan fingerprint density at radius 3 is 2.56 bits per heavy atom. The number of piperidine rings is 1. The van der Waals surface area contributed by atoms with Gasteiger partial charge in [0.25, 0.3) is 5.88 Å². The van der Waals surface area contributed by atoms with E-state index < -0.39 is 29.7 Å². The molecule has 8 heterocycles. The number of phenols is 1. The van der Waals surface area contributed by atoms with E-state index in [0.717, 1.165) is 62.1 Å². The number of aliphatic hydroxyl groups is 1. The Balaban J connectivity index is 0.709. The number of aromatic hydroxyl groups is 1. The molecule has 79 heavy (non-hydrogen) atoms. The molecular formula is C59H65F2N11O7. The molecule has 11 rings (SSSR count). The van der Waals surface area contributed by atoms with Crippen molar-refractivity contribution in [3.05, 3.63) is 102 Å². The summed E-state index contributed by atoms with van der Waals surface area (Å²) < 4.78 is 52.2. The molecule has 4 aromatic heterocycles. The standard InChI is InChI=1S/C59H65F2N11O7/c1-6-43-46(60)12-11-39-24-41(73)25-44(52(39)43)54-53(61)55-45(29-63-54)56(71-20-16-36-23-40(30-71)62-28-36)67-59(66-55)77-22-21-70-18-14-35(15-19-70)32-78-50-27-49(79-68-50)51(33(2)3)58(76)72-31-42(74)26-48(72)57(75)65-34(4)37-7-9-38(10-8-37)47-13-17-64-69(47)5/h1,7-13,17,24-25,27,29,33-36,40,42,48,51,62,73-74H,14-16,18-23,26,28,30-32H2,2-5H3,(H,65,75)/t34-,36?,40?,42+,48-,51+/m0/s1. The molecular weight excluding hydrogens is 1010 g/mol. The fourth-order valence-electron chi connectivity index (χ4n) is 12.0. The number of aromatic nitrogens is 6. The number of nitrogens with one attached hydrogen (secondary N) is 2. The van der Waals surface area contributed by atoms with Gasteiger partial charge in [0, 0.05) is 75.1 Å². The number of aryl methyl sites for hydroxylation is 1. The lowest BCUT2D eigenvalue weighted by Gasteiger charge is -2.31. The number of halogens is 2. The summed E-state index contributed by atoms with van der Waals surface area (Å²) in [6.07, 6.45) is 12.0. The fourth-order valence-corrected chi connectivity index (χ4v) is 12.0. The molecule has 0 spiro atoms. The highest BCUT2D eigenvalue weighted by molar-refractivity contribution is 6.03. The molecule has 4 aliphatic heterocycles. The molecule has 2 amide bonds. The number of anilines is 1.